The molecule has 1 aliphatic heterocycles. The molecule has 0 unspecified atom stereocenters. The predicted molar refractivity (Wildman–Crippen MR) is 130 cm³/mol. The van der Waals surface area contributed by atoms with Crippen LogP contribution in [-0.2, 0) is 11.3 Å². The van der Waals surface area contributed by atoms with E-state index >= 15 is 0 Å². The maximum atomic E-state index is 12.9. The van der Waals surface area contributed by atoms with Crippen LogP contribution in [0, 0.1) is 0 Å². The minimum Gasteiger partial charge on any atom is -0.496 e. The number of methoxy groups -OCH3 is 1. The van der Waals surface area contributed by atoms with E-state index in [-0.39, 0.29) is 11.8 Å². The molecule has 34 heavy (non-hydrogen) atoms. The van der Waals surface area contributed by atoms with Gasteiger partial charge in [-0.3, -0.25) is 14.3 Å². The first kappa shape index (κ1) is 23.2. The predicted octanol–water partition coefficient (Wildman–Crippen LogP) is 3.36. The van der Waals surface area contributed by atoms with E-state index in [1.165, 1.54) is 0 Å². The molecule has 0 bridgehead atoms. The van der Waals surface area contributed by atoms with Crippen molar-refractivity contribution in [2.45, 2.75) is 19.4 Å². The molecule has 0 N–H and O–H groups in total. The van der Waals surface area contributed by atoms with Crippen LogP contribution in [0.3, 0.4) is 0 Å². The Labute approximate surface area is 199 Å². The Balaban J connectivity index is 1.62. The number of carbonyl (C=O) groups excluding carboxylic acids is 2. The normalized spacial score (nSPS) is 13.4. The number of nitrogens with zero attached hydrogens (tertiary/aromatic N) is 5. The molecule has 0 saturated carbocycles. The third kappa shape index (κ3) is 5.01. The molecule has 8 nitrogen and oxygen atoms in total. The summed E-state index contributed by atoms with van der Waals surface area (Å²) >= 11 is 0. The van der Waals surface area contributed by atoms with Crippen molar-refractivity contribution in [1.29, 1.82) is 0 Å². The van der Waals surface area contributed by atoms with Gasteiger partial charge in [-0.25, -0.2) is 0 Å². The Morgan fingerprint density at radius 1 is 1.12 bits per heavy atom. The number of aryl methyl sites for hydroxylation is 1. The highest BCUT2D eigenvalue weighted by molar-refractivity contribution is 6.02. The van der Waals surface area contributed by atoms with E-state index in [1.807, 2.05) is 47.4 Å². The van der Waals surface area contributed by atoms with Crippen LogP contribution in [0.5, 0.6) is 5.75 Å². The molecule has 1 aromatic heterocycles. The van der Waals surface area contributed by atoms with Crippen LogP contribution < -0.4 is 4.74 Å². The van der Waals surface area contributed by atoms with Crippen molar-refractivity contribution >= 4 is 17.4 Å². The Morgan fingerprint density at radius 3 is 2.68 bits per heavy atom. The smallest absolute Gasteiger partial charge is 0.253 e. The van der Waals surface area contributed by atoms with Crippen LogP contribution in [0.25, 0.3) is 16.7 Å². The van der Waals surface area contributed by atoms with E-state index in [2.05, 4.69) is 16.4 Å². The van der Waals surface area contributed by atoms with Crippen LogP contribution in [-0.4, -0.2) is 70.9 Å². The molecule has 176 valence electrons. The van der Waals surface area contributed by atoms with Crippen molar-refractivity contribution in [1.82, 2.24) is 24.8 Å². The Morgan fingerprint density at radius 2 is 1.94 bits per heavy atom. The molecule has 2 aromatic carbocycles. The van der Waals surface area contributed by atoms with Gasteiger partial charge in [-0.05, 0) is 41.3 Å². The van der Waals surface area contributed by atoms with Gasteiger partial charge in [0.2, 0.25) is 5.91 Å². The fourth-order valence-corrected chi connectivity index (χ4v) is 4.15. The molecule has 2 amide bonds. The SMILES string of the molecule is COc1ccccc1-c1cc(C2=CCCN(C(=O)CCn3ccnn3)C2)ccc1C(=O)N(C)C. The first-order valence-corrected chi connectivity index (χ1v) is 11.3. The van der Waals surface area contributed by atoms with Crippen LogP contribution in [0.15, 0.2) is 60.9 Å². The van der Waals surface area contributed by atoms with Gasteiger partial charge in [0, 0.05) is 50.9 Å². The van der Waals surface area contributed by atoms with Gasteiger partial charge in [-0.1, -0.05) is 35.6 Å². The van der Waals surface area contributed by atoms with Gasteiger partial charge in [0.1, 0.15) is 5.75 Å². The summed E-state index contributed by atoms with van der Waals surface area (Å²) in [6, 6.07) is 13.6. The second kappa shape index (κ2) is 10.3. The molecule has 0 atom stereocenters. The van der Waals surface area contributed by atoms with Crippen molar-refractivity contribution in [3.05, 3.63) is 72.1 Å². The number of para-hydroxylation sites is 1. The Hall–Kier alpha value is -3.94. The average molecular weight is 460 g/mol. The second-order valence-electron chi connectivity index (χ2n) is 8.41. The molecular weight excluding hydrogens is 430 g/mol. The van der Waals surface area contributed by atoms with Crippen LogP contribution >= 0.6 is 0 Å². The molecule has 4 rings (SSSR count). The Kier molecular flexibility index (Phi) is 7.06. The number of rotatable bonds is 7. The van der Waals surface area contributed by atoms with Gasteiger partial charge in [0.15, 0.2) is 0 Å². The van der Waals surface area contributed by atoms with Crippen molar-refractivity contribution in [2.24, 2.45) is 0 Å². The fourth-order valence-electron chi connectivity index (χ4n) is 4.15. The van der Waals surface area contributed by atoms with Gasteiger partial charge in [-0.15, -0.1) is 5.10 Å². The summed E-state index contributed by atoms with van der Waals surface area (Å²) in [6.07, 6.45) is 6.70. The second-order valence-corrected chi connectivity index (χ2v) is 8.41. The van der Waals surface area contributed by atoms with Crippen LogP contribution in [0.4, 0.5) is 0 Å². The van der Waals surface area contributed by atoms with E-state index in [0.717, 1.165) is 28.7 Å². The quantitative estimate of drug-likeness (QED) is 0.541. The number of ether oxygens (including phenoxy) is 1. The number of aromatic nitrogens is 3. The molecule has 2 heterocycles. The van der Waals surface area contributed by atoms with Gasteiger partial charge < -0.3 is 14.5 Å². The lowest BCUT2D eigenvalue weighted by Gasteiger charge is -2.28. The lowest BCUT2D eigenvalue weighted by Crippen LogP contribution is -2.36. The number of hydrogen-bond acceptors (Lipinski definition) is 5. The van der Waals surface area contributed by atoms with E-state index in [4.69, 9.17) is 4.74 Å². The number of hydrogen-bond donors (Lipinski definition) is 0. The van der Waals surface area contributed by atoms with E-state index < -0.39 is 0 Å². The summed E-state index contributed by atoms with van der Waals surface area (Å²) < 4.78 is 7.25. The molecule has 0 spiro atoms. The van der Waals surface area contributed by atoms with Crippen molar-refractivity contribution in [3.63, 3.8) is 0 Å². The first-order valence-electron chi connectivity index (χ1n) is 11.3. The summed E-state index contributed by atoms with van der Waals surface area (Å²) in [7, 11) is 5.12. The highest BCUT2D eigenvalue weighted by atomic mass is 16.5. The molecule has 1 aliphatic rings. The summed E-state index contributed by atoms with van der Waals surface area (Å²) in [5, 5.41) is 7.71. The lowest BCUT2D eigenvalue weighted by atomic mass is 9.92. The van der Waals surface area contributed by atoms with Gasteiger partial charge in [0.05, 0.1) is 19.9 Å². The fraction of sp³-hybridized carbons (Fsp3) is 0.308. The monoisotopic (exact) mass is 459 g/mol. The van der Waals surface area contributed by atoms with Gasteiger partial charge in [0.25, 0.3) is 5.91 Å². The first-order chi connectivity index (χ1) is 16.5. The topological polar surface area (TPSA) is 80.6 Å². The maximum absolute atomic E-state index is 12.9. The lowest BCUT2D eigenvalue weighted by molar-refractivity contribution is -0.131. The maximum Gasteiger partial charge on any atom is 0.253 e. The van der Waals surface area contributed by atoms with Gasteiger partial charge in [-0.2, -0.15) is 0 Å². The summed E-state index contributed by atoms with van der Waals surface area (Å²) in [4.78, 5) is 29.2. The molecular formula is C26H29N5O3. The standard InChI is InChI=1S/C26H29N5O3/c1-29(2)26(33)22-11-10-19(17-23(22)21-8-4-5-9-24(21)34-3)20-7-6-14-30(18-20)25(32)12-15-31-16-13-27-28-31/h4-5,7-11,13,16-17H,6,12,14-15,18H2,1-3H3. The molecule has 0 radical (unpaired) electrons. The van der Waals surface area contributed by atoms with Crippen LogP contribution in [0.2, 0.25) is 0 Å². The highest BCUT2D eigenvalue weighted by Gasteiger charge is 2.22. The zero-order valence-corrected chi connectivity index (χ0v) is 19.8. The zero-order valence-electron chi connectivity index (χ0n) is 19.8. The minimum absolute atomic E-state index is 0.0741. The molecule has 0 aliphatic carbocycles. The van der Waals surface area contributed by atoms with E-state index in [9.17, 15) is 9.59 Å². The third-order valence-electron chi connectivity index (χ3n) is 5.95. The van der Waals surface area contributed by atoms with E-state index in [1.54, 1.807) is 43.2 Å². The zero-order chi connectivity index (χ0) is 24.1. The van der Waals surface area contributed by atoms with Crippen molar-refractivity contribution in [3.8, 4) is 16.9 Å². The minimum atomic E-state index is -0.0741. The number of carbonyl (C=O) groups is 2. The van der Waals surface area contributed by atoms with E-state index in [0.29, 0.717) is 37.4 Å². The molecule has 0 saturated heterocycles. The summed E-state index contributed by atoms with van der Waals surface area (Å²) in [6.45, 7) is 1.73. The number of benzene rings is 2. The molecule has 3 aromatic rings. The third-order valence-corrected chi connectivity index (χ3v) is 5.95. The number of amides is 2. The van der Waals surface area contributed by atoms with Crippen LogP contribution in [0.1, 0.15) is 28.8 Å². The summed E-state index contributed by atoms with van der Waals surface area (Å²) in [5.41, 5.74) is 4.33. The largest absolute Gasteiger partial charge is 0.496 e. The summed E-state index contributed by atoms with van der Waals surface area (Å²) in [5.74, 6) is 0.718. The highest BCUT2D eigenvalue weighted by Crippen LogP contribution is 2.35. The Bertz CT molecular complexity index is 1200. The van der Waals surface area contributed by atoms with Gasteiger partial charge >= 0.3 is 0 Å². The van der Waals surface area contributed by atoms with Crippen molar-refractivity contribution in [2.75, 3.05) is 34.3 Å². The molecule has 8 heteroatoms. The van der Waals surface area contributed by atoms with Crippen molar-refractivity contribution < 1.29 is 14.3 Å². The average Bonchev–Trinajstić information content (AvgIpc) is 3.40. The molecule has 0 fully saturated rings.